The lowest BCUT2D eigenvalue weighted by Crippen LogP contribution is -2.20. The van der Waals surface area contributed by atoms with Crippen LogP contribution in [-0.4, -0.2) is 12.0 Å². The first-order valence-electron chi connectivity index (χ1n) is 3.65. The molecule has 1 aliphatic heterocycles. The fraction of sp³-hybridized carbons (Fsp3) is 0.125. The van der Waals surface area contributed by atoms with Gasteiger partial charge in [0.25, 0.3) is 5.94 Å². The molecule has 1 atom stereocenters. The van der Waals surface area contributed by atoms with E-state index in [-0.39, 0.29) is 5.82 Å². The van der Waals surface area contributed by atoms with Gasteiger partial charge in [-0.1, -0.05) is 0 Å². The Morgan fingerprint density at radius 1 is 1.38 bits per heavy atom. The summed E-state index contributed by atoms with van der Waals surface area (Å²) in [7, 11) is 0. The molecule has 0 saturated carbocycles. The van der Waals surface area contributed by atoms with Crippen molar-refractivity contribution in [1.82, 2.24) is 4.72 Å². The van der Waals surface area contributed by atoms with Gasteiger partial charge in [-0.05, 0) is 24.3 Å². The minimum Gasteiger partial charge on any atom is -0.397 e. The Bertz CT molecular complexity index is 327. The Morgan fingerprint density at radius 2 is 2.08 bits per heavy atom. The van der Waals surface area contributed by atoms with Crippen LogP contribution in [0.2, 0.25) is 0 Å². The van der Waals surface area contributed by atoms with Gasteiger partial charge in [0.05, 0.1) is 0 Å². The summed E-state index contributed by atoms with van der Waals surface area (Å²) in [4.78, 5) is 11.6. The first kappa shape index (κ1) is 8.37. The molecule has 3 nitrogen and oxygen atoms in total. The summed E-state index contributed by atoms with van der Waals surface area (Å²) in [5.41, 5.74) is 0. The van der Waals surface area contributed by atoms with Crippen molar-refractivity contribution in [3.05, 3.63) is 30.1 Å². The zero-order valence-electron chi connectivity index (χ0n) is 6.62. The molecule has 0 aliphatic carbocycles. The number of halogens is 1. The van der Waals surface area contributed by atoms with Crippen LogP contribution >= 0.6 is 0 Å². The Hall–Kier alpha value is -1.23. The standard InChI is InChI=1S/C8H6FNO2S/c9-6-1-3-7(4-2-6)13-5-12-8(11)10-13/h1-4H,5H2/p+1. The van der Waals surface area contributed by atoms with E-state index < -0.39 is 17.2 Å². The lowest BCUT2D eigenvalue weighted by molar-refractivity contribution is 0.180. The molecule has 1 unspecified atom stereocenters. The van der Waals surface area contributed by atoms with E-state index in [1.807, 2.05) is 0 Å². The van der Waals surface area contributed by atoms with Gasteiger partial charge in [0.1, 0.15) is 5.82 Å². The molecule has 0 aromatic heterocycles. The summed E-state index contributed by atoms with van der Waals surface area (Å²) >= 11 is -0.417. The number of carbonyl (C=O) groups excluding carboxylic acids is 1. The molecular formula is C8H7FNO2S+. The highest BCUT2D eigenvalue weighted by molar-refractivity contribution is 7.95. The SMILES string of the molecule is O=C1N[S+](c2ccc(F)cc2)CO1. The zero-order valence-corrected chi connectivity index (χ0v) is 7.44. The van der Waals surface area contributed by atoms with Gasteiger partial charge >= 0.3 is 6.09 Å². The monoisotopic (exact) mass is 200 g/mol. The van der Waals surface area contributed by atoms with Gasteiger partial charge in [0.15, 0.2) is 16.0 Å². The first-order valence-corrected chi connectivity index (χ1v) is 5.05. The van der Waals surface area contributed by atoms with Crippen molar-refractivity contribution in [2.45, 2.75) is 4.90 Å². The number of hydrogen-bond donors (Lipinski definition) is 1. The van der Waals surface area contributed by atoms with Crippen molar-refractivity contribution in [2.24, 2.45) is 0 Å². The molecule has 1 aliphatic rings. The molecule has 1 amide bonds. The third-order valence-electron chi connectivity index (χ3n) is 1.61. The minimum atomic E-state index is -0.417. The van der Waals surface area contributed by atoms with Crippen molar-refractivity contribution in [1.29, 1.82) is 0 Å². The van der Waals surface area contributed by atoms with Crippen LogP contribution in [-0.2, 0) is 15.8 Å². The van der Waals surface area contributed by atoms with E-state index in [0.717, 1.165) is 4.90 Å². The van der Waals surface area contributed by atoms with Gasteiger partial charge in [0, 0.05) is 0 Å². The van der Waals surface area contributed by atoms with Crippen molar-refractivity contribution in [3.63, 3.8) is 0 Å². The van der Waals surface area contributed by atoms with E-state index in [1.54, 1.807) is 12.1 Å². The number of ether oxygens (including phenoxy) is 1. The second kappa shape index (κ2) is 3.26. The Balaban J connectivity index is 2.17. The summed E-state index contributed by atoms with van der Waals surface area (Å²) in [5.74, 6) is 0.0589. The van der Waals surface area contributed by atoms with Crippen LogP contribution in [0.25, 0.3) is 0 Å². The predicted octanol–water partition coefficient (Wildman–Crippen LogP) is 1.42. The maximum absolute atomic E-state index is 12.5. The molecule has 0 bridgehead atoms. The third-order valence-corrected chi connectivity index (χ3v) is 3.22. The molecule has 1 heterocycles. The topological polar surface area (TPSA) is 38.3 Å². The number of amides is 1. The van der Waals surface area contributed by atoms with E-state index in [2.05, 4.69) is 4.72 Å². The molecule has 0 radical (unpaired) electrons. The Morgan fingerprint density at radius 3 is 2.62 bits per heavy atom. The molecule has 13 heavy (non-hydrogen) atoms. The largest absolute Gasteiger partial charge is 0.453 e. The van der Waals surface area contributed by atoms with Crippen LogP contribution in [0, 0.1) is 5.82 Å². The number of rotatable bonds is 1. The van der Waals surface area contributed by atoms with E-state index in [9.17, 15) is 9.18 Å². The second-order valence-electron chi connectivity index (χ2n) is 2.50. The van der Waals surface area contributed by atoms with Gasteiger partial charge in [-0.25, -0.2) is 9.18 Å². The summed E-state index contributed by atoms with van der Waals surface area (Å²) < 4.78 is 19.9. The molecule has 1 N–H and O–H groups in total. The van der Waals surface area contributed by atoms with Crippen molar-refractivity contribution < 1.29 is 13.9 Å². The average Bonchev–Trinajstić information content (AvgIpc) is 2.53. The Kier molecular flexibility index (Phi) is 2.10. The molecular weight excluding hydrogens is 193 g/mol. The lowest BCUT2D eigenvalue weighted by atomic mass is 10.4. The van der Waals surface area contributed by atoms with Crippen LogP contribution in [0.3, 0.4) is 0 Å². The van der Waals surface area contributed by atoms with Gasteiger partial charge in [-0.15, -0.1) is 4.72 Å². The molecule has 1 aromatic rings. The molecule has 68 valence electrons. The fourth-order valence-corrected chi connectivity index (χ4v) is 2.26. The zero-order chi connectivity index (χ0) is 9.26. The highest BCUT2D eigenvalue weighted by atomic mass is 32.2. The van der Waals surface area contributed by atoms with E-state index in [4.69, 9.17) is 4.74 Å². The van der Waals surface area contributed by atoms with Gasteiger partial charge in [-0.2, -0.15) is 0 Å². The first-order chi connectivity index (χ1) is 6.25. The minimum absolute atomic E-state index is 0.279. The van der Waals surface area contributed by atoms with Crippen molar-refractivity contribution in [3.8, 4) is 0 Å². The van der Waals surface area contributed by atoms with Crippen LogP contribution in [0.1, 0.15) is 0 Å². The molecule has 1 aromatic carbocycles. The Labute approximate surface area is 77.4 Å². The van der Waals surface area contributed by atoms with Gasteiger partial charge in [0.2, 0.25) is 0 Å². The number of hydrogen-bond acceptors (Lipinski definition) is 2. The highest BCUT2D eigenvalue weighted by Gasteiger charge is 2.34. The summed E-state index contributed by atoms with van der Waals surface area (Å²) in [6.45, 7) is 0. The normalized spacial score (nSPS) is 21.0. The van der Waals surface area contributed by atoms with Crippen LogP contribution in [0.15, 0.2) is 29.2 Å². The van der Waals surface area contributed by atoms with E-state index in [1.165, 1.54) is 12.1 Å². The molecule has 5 heteroatoms. The quantitative estimate of drug-likeness (QED) is 0.696. The maximum Gasteiger partial charge on any atom is 0.453 e. The molecule has 1 fully saturated rings. The predicted molar refractivity (Wildman–Crippen MR) is 46.5 cm³/mol. The van der Waals surface area contributed by atoms with Crippen LogP contribution in [0.5, 0.6) is 0 Å². The van der Waals surface area contributed by atoms with Gasteiger partial charge < -0.3 is 4.74 Å². The second-order valence-corrected chi connectivity index (χ2v) is 4.19. The highest BCUT2D eigenvalue weighted by Crippen LogP contribution is 2.16. The molecule has 1 saturated heterocycles. The summed E-state index contributed by atoms with van der Waals surface area (Å²) in [6, 6.07) is 6.03. The number of cyclic esters (lactones) is 1. The third kappa shape index (κ3) is 1.75. The van der Waals surface area contributed by atoms with Crippen molar-refractivity contribution >= 4 is 17.2 Å². The molecule has 2 rings (SSSR count). The van der Waals surface area contributed by atoms with E-state index in [0.29, 0.717) is 5.94 Å². The van der Waals surface area contributed by atoms with Crippen LogP contribution in [0.4, 0.5) is 9.18 Å². The summed E-state index contributed by atoms with van der Waals surface area (Å²) in [6.07, 6.45) is -0.410. The number of benzene rings is 1. The number of nitrogens with one attached hydrogen (secondary N) is 1. The maximum atomic E-state index is 12.5. The van der Waals surface area contributed by atoms with E-state index >= 15 is 0 Å². The number of carbonyl (C=O) groups is 1. The molecule has 0 spiro atoms. The average molecular weight is 200 g/mol. The fourth-order valence-electron chi connectivity index (χ4n) is 0.998. The van der Waals surface area contributed by atoms with Crippen LogP contribution < -0.4 is 4.72 Å². The lowest BCUT2D eigenvalue weighted by Gasteiger charge is -1.94. The smallest absolute Gasteiger partial charge is 0.397 e. The van der Waals surface area contributed by atoms with Gasteiger partial charge in [-0.3, -0.25) is 0 Å². The summed E-state index contributed by atoms with van der Waals surface area (Å²) in [5, 5.41) is 0. The van der Waals surface area contributed by atoms with Crippen molar-refractivity contribution in [2.75, 3.05) is 5.94 Å².